The van der Waals surface area contributed by atoms with Crippen molar-refractivity contribution in [3.8, 4) is 69.0 Å². The molecule has 1 radical (unpaired) electrons. The SMILES string of the molecule is Cc1ccc(OP(=O)(Oc2ccc(C)cc2)Oc2ccc(C)cc2)cc1.Cc1ccc(OP(=O)(Oc2ccc(C)cc2)Oc2ccc(C)cc2)cc1.Cc1ccc(OP(=O)(Oc2ccc(C)cc2)Oc2ccc(C)cc2)cc1.Cc1ccc(OP(=O)(Oc2ccc(C)cc2)Oc2ccc(C)cc2)cc1.[Co+2].[O-][Cl+](O)(O)O. The number of halogens is 1. The maximum atomic E-state index is 13.3. The number of aryl methyl sites for hydroxylation is 12. The molecule has 12 aromatic carbocycles. The van der Waals surface area contributed by atoms with Gasteiger partial charge in [0, 0.05) is 0 Å². The topological polar surface area (TPSA) is 263 Å². The summed E-state index contributed by atoms with van der Waals surface area (Å²) >= 11 is 0. The van der Waals surface area contributed by atoms with E-state index >= 15 is 0 Å². The van der Waals surface area contributed by atoms with Gasteiger partial charge in [-0.05, 0) is 229 Å². The first-order valence-electron chi connectivity index (χ1n) is 33.9. The van der Waals surface area contributed by atoms with Gasteiger partial charge in [-0.2, -0.15) is 18.3 Å². The summed E-state index contributed by atoms with van der Waals surface area (Å²) in [5, 5.41) is 0. The predicted octanol–water partition coefficient (Wildman–Crippen LogP) is 22.2. The van der Waals surface area contributed by atoms with Crippen molar-refractivity contribution in [1.82, 2.24) is 0 Å². The summed E-state index contributed by atoms with van der Waals surface area (Å²) in [6.07, 6.45) is 0. The van der Waals surface area contributed by atoms with Gasteiger partial charge < -0.3 is 54.3 Å². The molecule has 20 nitrogen and oxygen atoms in total. The second-order valence-corrected chi connectivity index (χ2v) is 31.7. The van der Waals surface area contributed by atoms with Crippen molar-refractivity contribution in [2.45, 2.75) is 83.1 Å². The fraction of sp³-hybridized carbons (Fsp3) is 0.143. The Labute approximate surface area is 655 Å². The molecule has 0 heterocycles. The standard InChI is InChI=1S/4C21H21O4P.ClH3O4.Co/c4*1-16-4-10-19(11-5-16)23-26(22,24-20-12-6-17(2)7-13-20)25-21-14-8-18(3)9-15-21;2-1(3,4)5;/h4*4-15H,1-3H3;2-4H;/q;;;;;+2. The van der Waals surface area contributed by atoms with Crippen LogP contribution in [0.4, 0.5) is 0 Å². The second-order valence-electron chi connectivity index (χ2n) is 25.1. The number of rotatable bonds is 24. The van der Waals surface area contributed by atoms with Crippen LogP contribution in [0.2, 0.25) is 0 Å². The summed E-state index contributed by atoms with van der Waals surface area (Å²) in [6.45, 7) is 23.6. The Morgan fingerprint density at radius 1 is 0.182 bits per heavy atom. The van der Waals surface area contributed by atoms with E-state index < -0.39 is 41.5 Å². The Balaban J connectivity index is 0.000000199. The first-order valence-corrected chi connectivity index (χ1v) is 41.1. The Kier molecular flexibility index (Phi) is 32.4. The minimum absolute atomic E-state index is 0. The van der Waals surface area contributed by atoms with Crippen LogP contribution in [0, 0.1) is 93.3 Å². The Hall–Kier alpha value is -10.2. The molecule has 0 aliphatic heterocycles. The fourth-order valence-electron chi connectivity index (χ4n) is 8.96. The summed E-state index contributed by atoms with van der Waals surface area (Å²) in [6, 6.07) is 86.6. The molecule has 0 amide bonds. The van der Waals surface area contributed by atoms with Crippen LogP contribution in [0.15, 0.2) is 291 Å². The average molecular weight is 1630 g/mol. The molecule has 0 saturated carbocycles. The van der Waals surface area contributed by atoms with Crippen molar-refractivity contribution in [3.05, 3.63) is 358 Å². The molecule has 0 unspecified atom stereocenters. The fourth-order valence-corrected chi connectivity index (χ4v) is 14.0. The number of benzene rings is 12. The van der Waals surface area contributed by atoms with E-state index in [0.717, 1.165) is 66.8 Å². The van der Waals surface area contributed by atoms with Crippen LogP contribution in [0.5, 0.6) is 69.0 Å². The van der Waals surface area contributed by atoms with Gasteiger partial charge in [0.2, 0.25) is 0 Å². The molecule has 577 valence electrons. The molecule has 0 aliphatic carbocycles. The van der Waals surface area contributed by atoms with Gasteiger partial charge in [-0.15, -0.1) is 0 Å². The van der Waals surface area contributed by atoms with Gasteiger partial charge in [-0.3, -0.25) is 0 Å². The number of phosphoric ester groups is 4. The van der Waals surface area contributed by atoms with Crippen LogP contribution in [-0.2, 0) is 35.0 Å². The van der Waals surface area contributed by atoms with Crippen molar-refractivity contribution in [2.75, 3.05) is 0 Å². The van der Waals surface area contributed by atoms with E-state index in [1.165, 1.54) is 0 Å². The van der Waals surface area contributed by atoms with E-state index in [9.17, 15) is 18.3 Å². The van der Waals surface area contributed by atoms with E-state index in [1.54, 1.807) is 146 Å². The molecule has 26 heteroatoms. The van der Waals surface area contributed by atoms with E-state index in [2.05, 4.69) is 0 Å². The number of hydrogen-bond donors (Lipinski definition) is 3. The molecule has 0 aliphatic rings. The van der Waals surface area contributed by atoms with Crippen LogP contribution in [0.1, 0.15) is 66.8 Å². The normalized spacial score (nSPS) is 11.1. The molecular formula is C84H87ClCoO20P4+2. The van der Waals surface area contributed by atoms with Crippen LogP contribution >= 0.6 is 31.3 Å². The third kappa shape index (κ3) is 31.8. The van der Waals surface area contributed by atoms with Gasteiger partial charge in [-0.1, -0.05) is 212 Å². The van der Waals surface area contributed by atoms with Crippen molar-refractivity contribution < 1.29 is 118 Å². The van der Waals surface area contributed by atoms with Crippen LogP contribution in [-0.4, -0.2) is 14.0 Å². The average Bonchev–Trinajstić information content (AvgIpc) is 0.841. The van der Waals surface area contributed by atoms with E-state index in [1.807, 2.05) is 229 Å². The van der Waals surface area contributed by atoms with Crippen molar-refractivity contribution in [2.24, 2.45) is 0 Å². The molecule has 0 bridgehead atoms. The van der Waals surface area contributed by atoms with Gasteiger partial charge in [0.15, 0.2) is 0 Å². The van der Waals surface area contributed by atoms with Crippen molar-refractivity contribution in [1.29, 1.82) is 0 Å². The molecule has 0 fully saturated rings. The molecule has 0 atom stereocenters. The molecule has 110 heavy (non-hydrogen) atoms. The quantitative estimate of drug-likeness (QED) is 0.0475. The van der Waals surface area contributed by atoms with Gasteiger partial charge in [0.05, 0.1) is 0 Å². The first kappa shape index (κ1) is 87.0. The van der Waals surface area contributed by atoms with Crippen LogP contribution in [0.25, 0.3) is 0 Å². The van der Waals surface area contributed by atoms with Gasteiger partial charge in [0.1, 0.15) is 69.0 Å². The summed E-state index contributed by atoms with van der Waals surface area (Å²) in [5.74, 6) is 4.98. The van der Waals surface area contributed by atoms with Crippen LogP contribution < -0.4 is 58.9 Å². The number of hydrogen-bond acceptors (Lipinski definition) is 20. The Morgan fingerprint density at radius 3 is 0.291 bits per heavy atom. The third-order valence-corrected chi connectivity index (χ3v) is 20.1. The van der Waals surface area contributed by atoms with Gasteiger partial charge in [-0.25, -0.2) is 0 Å². The van der Waals surface area contributed by atoms with E-state index in [0.29, 0.717) is 69.0 Å². The van der Waals surface area contributed by atoms with E-state index in [-0.39, 0.29) is 16.8 Å². The van der Waals surface area contributed by atoms with Crippen molar-refractivity contribution in [3.63, 3.8) is 0 Å². The third-order valence-electron chi connectivity index (χ3n) is 14.9. The Bertz CT molecular complexity index is 3870. The summed E-state index contributed by atoms with van der Waals surface area (Å²) in [4.78, 5) is 0. The molecule has 3 N–H and O–H groups in total. The Morgan fingerprint density at radius 2 is 0.236 bits per heavy atom. The summed E-state index contributed by atoms with van der Waals surface area (Å²) in [5.41, 5.74) is 12.9. The molecular weight excluding hydrogens is 1550 g/mol. The molecule has 0 saturated heterocycles. The monoisotopic (exact) mass is 1630 g/mol. The molecule has 0 spiro atoms. The zero-order valence-corrected chi connectivity index (χ0v) is 67.9. The summed E-state index contributed by atoms with van der Waals surface area (Å²) in [7, 11) is -19.9. The maximum absolute atomic E-state index is 13.3. The van der Waals surface area contributed by atoms with Gasteiger partial charge in [0.25, 0.3) is 0 Å². The molecule has 12 rings (SSSR count). The predicted molar refractivity (Wildman–Crippen MR) is 419 cm³/mol. The zero-order valence-electron chi connectivity index (χ0n) is 62.5. The number of phosphoric acid groups is 4. The second kappa shape index (κ2) is 41.0. The molecule has 12 aromatic rings. The van der Waals surface area contributed by atoms with E-state index in [4.69, 9.17) is 72.9 Å². The first-order chi connectivity index (χ1) is 51.7. The zero-order chi connectivity index (χ0) is 78.8. The van der Waals surface area contributed by atoms with Gasteiger partial charge >= 0.3 is 76.9 Å². The van der Waals surface area contributed by atoms with Crippen molar-refractivity contribution >= 4 is 31.3 Å². The summed E-state index contributed by atoms with van der Waals surface area (Å²) < 4.78 is 151. The van der Waals surface area contributed by atoms with Crippen LogP contribution in [0.3, 0.4) is 0 Å². The minimum atomic E-state index is -4.19. The molecule has 0 aromatic heterocycles.